The van der Waals surface area contributed by atoms with E-state index in [2.05, 4.69) is 45.9 Å². The van der Waals surface area contributed by atoms with Crippen molar-refractivity contribution in [3.05, 3.63) is 12.2 Å². The molecule has 0 bridgehead atoms. The van der Waals surface area contributed by atoms with Crippen molar-refractivity contribution < 1.29 is 4.79 Å². The number of nitrogens with two attached hydrogens (primary N) is 1. The Morgan fingerprint density at radius 1 is 1.07 bits per heavy atom. The van der Waals surface area contributed by atoms with Gasteiger partial charge in [0.2, 0.25) is 5.91 Å². The molecule has 0 aromatic heterocycles. The van der Waals surface area contributed by atoms with Crippen molar-refractivity contribution in [1.82, 2.24) is 0 Å². The lowest BCUT2D eigenvalue weighted by atomic mass is 10.3. The summed E-state index contributed by atoms with van der Waals surface area (Å²) >= 11 is 0. The van der Waals surface area contributed by atoms with Crippen LogP contribution in [0.5, 0.6) is 0 Å². The molecule has 0 aromatic carbocycles. The van der Waals surface area contributed by atoms with Gasteiger partial charge >= 0.3 is 0 Å². The van der Waals surface area contributed by atoms with E-state index in [-0.39, 0.29) is 5.91 Å². The van der Waals surface area contributed by atoms with Crippen LogP contribution in [-0.4, -0.2) is 22.1 Å². The van der Waals surface area contributed by atoms with Crippen molar-refractivity contribution >= 4 is 22.1 Å². The van der Waals surface area contributed by atoms with Crippen molar-refractivity contribution in [2.75, 3.05) is 0 Å². The lowest BCUT2D eigenvalue weighted by Crippen LogP contribution is -2.46. The van der Waals surface area contributed by atoms with Gasteiger partial charge in [-0.15, -0.1) is 0 Å². The number of hydrogen-bond acceptors (Lipinski definition) is 1. The molecular weight excluding hydrogens is 206 g/mol. The molecule has 0 aliphatic rings. The monoisotopic (exact) mass is 229 g/mol. The van der Waals surface area contributed by atoms with E-state index in [4.69, 9.17) is 5.73 Å². The standard InChI is InChI=1S/C10H23NOSi2/c1-8(9(11)12)10(13(2,3)4)14(5,6)7/h10H,1H2,2-7H3,(H2,11,12). The predicted octanol–water partition coefficient (Wildman–Crippen LogP) is 2.61. The predicted molar refractivity (Wildman–Crippen MR) is 68.8 cm³/mol. The highest BCUT2D eigenvalue weighted by Gasteiger charge is 2.40. The van der Waals surface area contributed by atoms with Gasteiger partial charge in [-0.05, 0) is 5.16 Å². The van der Waals surface area contributed by atoms with E-state index in [9.17, 15) is 4.79 Å². The van der Waals surface area contributed by atoms with Crippen LogP contribution in [0.3, 0.4) is 0 Å². The number of rotatable bonds is 4. The van der Waals surface area contributed by atoms with Crippen LogP contribution in [-0.2, 0) is 4.79 Å². The van der Waals surface area contributed by atoms with Gasteiger partial charge in [0.05, 0.1) is 0 Å². The molecule has 0 spiro atoms. The second-order valence-electron chi connectivity index (χ2n) is 6.05. The van der Waals surface area contributed by atoms with Crippen LogP contribution >= 0.6 is 0 Å². The van der Waals surface area contributed by atoms with Gasteiger partial charge in [0.15, 0.2) is 0 Å². The van der Waals surface area contributed by atoms with E-state index in [0.717, 1.165) is 0 Å². The maximum absolute atomic E-state index is 11.2. The first-order chi connectivity index (χ1) is 5.98. The van der Waals surface area contributed by atoms with E-state index >= 15 is 0 Å². The van der Waals surface area contributed by atoms with Crippen LogP contribution in [0.4, 0.5) is 0 Å². The van der Waals surface area contributed by atoms with Crippen molar-refractivity contribution in [3.63, 3.8) is 0 Å². The van der Waals surface area contributed by atoms with Crippen LogP contribution in [0.2, 0.25) is 44.4 Å². The minimum atomic E-state index is -1.39. The van der Waals surface area contributed by atoms with E-state index in [1.54, 1.807) is 0 Å². The van der Waals surface area contributed by atoms with Gasteiger partial charge < -0.3 is 5.73 Å². The summed E-state index contributed by atoms with van der Waals surface area (Å²) in [5.41, 5.74) is 5.99. The minimum absolute atomic E-state index is 0.320. The average molecular weight is 229 g/mol. The van der Waals surface area contributed by atoms with Gasteiger partial charge in [0.1, 0.15) is 0 Å². The zero-order valence-corrected chi connectivity index (χ0v) is 12.3. The Morgan fingerprint density at radius 3 is 1.43 bits per heavy atom. The summed E-state index contributed by atoms with van der Waals surface area (Å²) in [7, 11) is -2.77. The topological polar surface area (TPSA) is 43.1 Å². The number of carbonyl (C=O) groups is 1. The SMILES string of the molecule is C=C(C(N)=O)C([Si](C)(C)C)[Si](C)(C)C. The highest BCUT2D eigenvalue weighted by molar-refractivity contribution is 6.97. The summed E-state index contributed by atoms with van der Waals surface area (Å²) < 4.78 is 0. The number of primary amides is 1. The van der Waals surface area contributed by atoms with Crippen LogP contribution in [0.15, 0.2) is 12.2 Å². The molecule has 0 rings (SSSR count). The molecule has 2 nitrogen and oxygen atoms in total. The summed E-state index contributed by atoms with van der Waals surface area (Å²) in [6.07, 6.45) is 0. The smallest absolute Gasteiger partial charge is 0.243 e. The van der Waals surface area contributed by atoms with Gasteiger partial charge in [0, 0.05) is 21.7 Å². The van der Waals surface area contributed by atoms with Crippen LogP contribution < -0.4 is 5.73 Å². The lowest BCUT2D eigenvalue weighted by Gasteiger charge is -2.38. The third-order valence-corrected chi connectivity index (χ3v) is 11.8. The lowest BCUT2D eigenvalue weighted by molar-refractivity contribution is -0.114. The Labute approximate surface area is 89.6 Å². The molecule has 0 unspecified atom stereocenters. The maximum atomic E-state index is 11.2. The molecule has 0 aromatic rings. The second-order valence-corrected chi connectivity index (χ2v) is 17.3. The van der Waals surface area contributed by atoms with E-state index in [1.165, 1.54) is 0 Å². The second kappa shape index (κ2) is 4.02. The molecule has 4 heteroatoms. The van der Waals surface area contributed by atoms with Gasteiger partial charge in [-0.3, -0.25) is 4.79 Å². The Bertz CT molecular complexity index is 234. The third-order valence-electron chi connectivity index (χ3n) is 2.40. The van der Waals surface area contributed by atoms with Gasteiger partial charge in [0.25, 0.3) is 0 Å². The van der Waals surface area contributed by atoms with Crippen LogP contribution in [0.1, 0.15) is 0 Å². The summed E-state index contributed by atoms with van der Waals surface area (Å²) in [5, 5.41) is 0.382. The molecule has 0 fully saturated rings. The minimum Gasteiger partial charge on any atom is -0.366 e. The average Bonchev–Trinajstić information content (AvgIpc) is 1.79. The zero-order valence-electron chi connectivity index (χ0n) is 10.3. The first kappa shape index (κ1) is 13.6. The summed E-state index contributed by atoms with van der Waals surface area (Å²) in [5.74, 6) is -0.320. The van der Waals surface area contributed by atoms with E-state index < -0.39 is 16.1 Å². The van der Waals surface area contributed by atoms with Crippen LogP contribution in [0, 0.1) is 0 Å². The van der Waals surface area contributed by atoms with Gasteiger partial charge in [-0.1, -0.05) is 45.9 Å². The number of hydrogen-bond donors (Lipinski definition) is 1. The van der Waals surface area contributed by atoms with Crippen molar-refractivity contribution in [2.24, 2.45) is 5.73 Å². The Kier molecular flexibility index (Phi) is 3.92. The molecule has 1 amide bonds. The van der Waals surface area contributed by atoms with Crippen molar-refractivity contribution in [3.8, 4) is 0 Å². The molecule has 0 aliphatic carbocycles. The largest absolute Gasteiger partial charge is 0.366 e. The number of amides is 1. The maximum Gasteiger partial charge on any atom is 0.243 e. The van der Waals surface area contributed by atoms with E-state index in [0.29, 0.717) is 10.7 Å². The molecule has 14 heavy (non-hydrogen) atoms. The molecule has 0 atom stereocenters. The molecule has 82 valence electrons. The van der Waals surface area contributed by atoms with Gasteiger partial charge in [-0.25, -0.2) is 0 Å². The molecule has 0 saturated carbocycles. The van der Waals surface area contributed by atoms with Crippen molar-refractivity contribution in [1.29, 1.82) is 0 Å². The summed E-state index contributed by atoms with van der Waals surface area (Å²) in [4.78, 5) is 11.2. The quantitative estimate of drug-likeness (QED) is 0.584. The molecular formula is C10H23NOSi2. The molecule has 0 radical (unpaired) electrons. The Morgan fingerprint density at radius 2 is 1.36 bits per heavy atom. The molecule has 0 heterocycles. The molecule has 2 N–H and O–H groups in total. The Balaban J connectivity index is 5.15. The van der Waals surface area contributed by atoms with Crippen molar-refractivity contribution in [2.45, 2.75) is 44.4 Å². The fourth-order valence-corrected chi connectivity index (χ4v) is 15.3. The Hall–Kier alpha value is -0.356. The first-order valence-electron chi connectivity index (χ1n) is 4.96. The van der Waals surface area contributed by atoms with E-state index in [1.807, 2.05) is 0 Å². The summed E-state index contributed by atoms with van der Waals surface area (Å²) in [6.45, 7) is 17.6. The molecule has 0 aliphatic heterocycles. The van der Waals surface area contributed by atoms with Gasteiger partial charge in [-0.2, -0.15) is 0 Å². The van der Waals surface area contributed by atoms with Crippen LogP contribution in [0.25, 0.3) is 0 Å². The summed E-state index contributed by atoms with van der Waals surface area (Å²) in [6, 6.07) is 0. The highest BCUT2D eigenvalue weighted by atomic mass is 28.4. The molecule has 0 saturated heterocycles. The number of carbonyl (C=O) groups excluding carboxylic acids is 1. The zero-order chi connectivity index (χ0) is 11.7. The first-order valence-corrected chi connectivity index (χ1v) is 12.1. The third kappa shape index (κ3) is 3.42. The fraction of sp³-hybridized carbons (Fsp3) is 0.700. The normalized spacial score (nSPS) is 13.1. The highest BCUT2D eigenvalue weighted by Crippen LogP contribution is 2.37. The fourth-order valence-electron chi connectivity index (χ4n) is 2.49.